The van der Waals surface area contributed by atoms with E-state index in [1.165, 1.54) is 13.1 Å². The van der Waals surface area contributed by atoms with Crippen molar-refractivity contribution in [3.05, 3.63) is 60.7 Å². The lowest BCUT2D eigenvalue weighted by molar-refractivity contribution is -0.0249. The maximum absolute atomic E-state index is 10.2. The number of hydrazone groups is 2. The molecule has 0 unspecified atom stereocenters. The average molecular weight is 342 g/mol. The van der Waals surface area contributed by atoms with E-state index in [0.29, 0.717) is 5.69 Å². The highest BCUT2D eigenvalue weighted by atomic mass is 16.4. The third-order valence-electron chi connectivity index (χ3n) is 3.37. The van der Waals surface area contributed by atoms with Crippen molar-refractivity contribution in [2.24, 2.45) is 10.2 Å². The predicted molar refractivity (Wildman–Crippen MR) is 99.8 cm³/mol. The average Bonchev–Trinajstić information content (AvgIpc) is 2.65. The summed E-state index contributed by atoms with van der Waals surface area (Å²) < 4.78 is 0. The van der Waals surface area contributed by atoms with Gasteiger partial charge in [-0.05, 0) is 31.2 Å². The molecule has 0 saturated carbocycles. The first kappa shape index (κ1) is 18.6. The molecule has 7 nitrogen and oxygen atoms in total. The van der Waals surface area contributed by atoms with Crippen LogP contribution < -0.4 is 10.9 Å². The Balaban J connectivity index is 2.13. The highest BCUT2D eigenvalue weighted by molar-refractivity contribution is 6.33. The summed E-state index contributed by atoms with van der Waals surface area (Å²) in [5.41, 5.74) is 7.13. The van der Waals surface area contributed by atoms with E-state index in [4.69, 9.17) is 0 Å². The monoisotopic (exact) mass is 342 g/mol. The van der Waals surface area contributed by atoms with Crippen molar-refractivity contribution in [1.82, 2.24) is 0 Å². The van der Waals surface area contributed by atoms with Gasteiger partial charge in [-0.15, -0.1) is 0 Å². The summed E-state index contributed by atoms with van der Waals surface area (Å²) in [6.07, 6.45) is -2.62. The van der Waals surface area contributed by atoms with Crippen LogP contribution in [0, 0.1) is 0 Å². The summed E-state index contributed by atoms with van der Waals surface area (Å²) >= 11 is 0. The molecule has 0 saturated heterocycles. The summed E-state index contributed by atoms with van der Waals surface area (Å²) in [4.78, 5) is 0. The standard InChI is InChI=1S/C18H22N4O3/c1-13(23)17(24)18(25)16(22-21-15-10-6-3-7-11-15)12-19-20-14-8-4-2-5-9-14/h2-13,17-18,20-21,23-25H,1H3/b19-12-,22-16+/t13-,17-,18+/m0/s1. The van der Waals surface area contributed by atoms with Crippen molar-refractivity contribution < 1.29 is 15.3 Å². The lowest BCUT2D eigenvalue weighted by Gasteiger charge is -2.20. The summed E-state index contributed by atoms with van der Waals surface area (Å²) in [5.74, 6) is 0. The lowest BCUT2D eigenvalue weighted by Crippen LogP contribution is -2.42. The predicted octanol–water partition coefficient (Wildman–Crippen LogP) is 1.65. The number of nitrogens with zero attached hydrogens (tertiary/aromatic N) is 2. The number of para-hydroxylation sites is 2. The van der Waals surface area contributed by atoms with Crippen molar-refractivity contribution in [3.63, 3.8) is 0 Å². The molecule has 2 aromatic rings. The second-order valence-corrected chi connectivity index (χ2v) is 5.43. The highest BCUT2D eigenvalue weighted by Gasteiger charge is 2.25. The Bertz CT molecular complexity index is 690. The van der Waals surface area contributed by atoms with Crippen LogP contribution in [0.4, 0.5) is 11.4 Å². The minimum absolute atomic E-state index is 0.0701. The van der Waals surface area contributed by atoms with Crippen LogP contribution in [0.15, 0.2) is 70.9 Å². The molecule has 0 aliphatic heterocycles. The van der Waals surface area contributed by atoms with Gasteiger partial charge in [0.1, 0.15) is 17.9 Å². The van der Waals surface area contributed by atoms with E-state index in [0.717, 1.165) is 5.69 Å². The van der Waals surface area contributed by atoms with Crippen LogP contribution in [-0.2, 0) is 0 Å². The van der Waals surface area contributed by atoms with Crippen LogP contribution in [0.25, 0.3) is 0 Å². The molecule has 2 rings (SSSR count). The SMILES string of the molecule is C[C@H](O)[C@H](O)[C@H](O)C(/C=N\Nc1ccccc1)=N/Nc1ccccc1. The number of nitrogens with one attached hydrogen (secondary N) is 2. The summed E-state index contributed by atoms with van der Waals surface area (Å²) in [7, 11) is 0. The zero-order valence-corrected chi connectivity index (χ0v) is 13.8. The van der Waals surface area contributed by atoms with Crippen molar-refractivity contribution in [2.45, 2.75) is 25.2 Å². The zero-order chi connectivity index (χ0) is 18.1. The first-order valence-electron chi connectivity index (χ1n) is 7.85. The number of anilines is 2. The number of aliphatic hydroxyl groups is 3. The van der Waals surface area contributed by atoms with Crippen LogP contribution in [0.1, 0.15) is 6.92 Å². The van der Waals surface area contributed by atoms with E-state index in [1.807, 2.05) is 48.5 Å². The van der Waals surface area contributed by atoms with E-state index >= 15 is 0 Å². The van der Waals surface area contributed by atoms with Gasteiger partial charge in [0, 0.05) is 0 Å². The van der Waals surface area contributed by atoms with E-state index in [9.17, 15) is 15.3 Å². The Morgan fingerprint density at radius 1 is 0.880 bits per heavy atom. The molecule has 0 aliphatic carbocycles. The van der Waals surface area contributed by atoms with Gasteiger partial charge in [-0.3, -0.25) is 10.9 Å². The van der Waals surface area contributed by atoms with Gasteiger partial charge in [0.05, 0.1) is 23.7 Å². The van der Waals surface area contributed by atoms with E-state index < -0.39 is 18.3 Å². The van der Waals surface area contributed by atoms with Crippen molar-refractivity contribution in [1.29, 1.82) is 0 Å². The van der Waals surface area contributed by atoms with Crippen molar-refractivity contribution in [3.8, 4) is 0 Å². The number of benzene rings is 2. The minimum atomic E-state index is -1.41. The Kier molecular flexibility index (Phi) is 7.09. The number of aliphatic hydroxyl groups excluding tert-OH is 3. The maximum Gasteiger partial charge on any atom is 0.128 e. The third kappa shape index (κ3) is 6.00. The molecule has 0 aliphatic rings. The smallest absolute Gasteiger partial charge is 0.128 e. The summed E-state index contributed by atoms with van der Waals surface area (Å²) in [5, 5.41) is 37.7. The molecule has 0 spiro atoms. The highest BCUT2D eigenvalue weighted by Crippen LogP contribution is 2.08. The fourth-order valence-electron chi connectivity index (χ4n) is 1.94. The molecule has 2 aromatic carbocycles. The quantitative estimate of drug-likeness (QED) is 0.370. The topological polar surface area (TPSA) is 109 Å². The molecule has 25 heavy (non-hydrogen) atoms. The van der Waals surface area contributed by atoms with Crippen LogP contribution >= 0.6 is 0 Å². The molecular weight excluding hydrogens is 320 g/mol. The molecule has 0 fully saturated rings. The van der Waals surface area contributed by atoms with Gasteiger partial charge in [-0.2, -0.15) is 10.2 Å². The van der Waals surface area contributed by atoms with Crippen molar-refractivity contribution >= 4 is 23.3 Å². The van der Waals surface area contributed by atoms with E-state index in [-0.39, 0.29) is 5.71 Å². The summed E-state index contributed by atoms with van der Waals surface area (Å²) in [6.45, 7) is 1.38. The maximum atomic E-state index is 10.2. The Labute approximate surface area is 146 Å². The molecule has 132 valence electrons. The zero-order valence-electron chi connectivity index (χ0n) is 13.8. The van der Waals surface area contributed by atoms with Gasteiger partial charge in [-0.25, -0.2) is 0 Å². The lowest BCUT2D eigenvalue weighted by atomic mass is 10.1. The Morgan fingerprint density at radius 3 is 1.92 bits per heavy atom. The molecule has 0 heterocycles. The van der Waals surface area contributed by atoms with Crippen LogP contribution in [-0.4, -0.2) is 45.6 Å². The molecule has 7 heteroatoms. The number of hydrogen-bond donors (Lipinski definition) is 5. The molecule has 0 aromatic heterocycles. The third-order valence-corrected chi connectivity index (χ3v) is 3.37. The normalized spacial score (nSPS) is 15.6. The first-order valence-corrected chi connectivity index (χ1v) is 7.85. The molecule has 0 radical (unpaired) electrons. The molecule has 3 atom stereocenters. The van der Waals surface area contributed by atoms with Crippen LogP contribution in [0.5, 0.6) is 0 Å². The van der Waals surface area contributed by atoms with E-state index in [2.05, 4.69) is 21.1 Å². The van der Waals surface area contributed by atoms with Crippen molar-refractivity contribution in [2.75, 3.05) is 10.9 Å². The molecule has 0 amide bonds. The van der Waals surface area contributed by atoms with E-state index in [1.54, 1.807) is 12.1 Å². The van der Waals surface area contributed by atoms with Gasteiger partial charge in [0.2, 0.25) is 0 Å². The summed E-state index contributed by atoms with van der Waals surface area (Å²) in [6, 6.07) is 18.4. The first-order chi connectivity index (χ1) is 12.1. The molecular formula is C18H22N4O3. The second kappa shape index (κ2) is 9.53. The van der Waals surface area contributed by atoms with Gasteiger partial charge >= 0.3 is 0 Å². The van der Waals surface area contributed by atoms with Gasteiger partial charge in [-0.1, -0.05) is 36.4 Å². The molecule has 0 bridgehead atoms. The second-order valence-electron chi connectivity index (χ2n) is 5.43. The largest absolute Gasteiger partial charge is 0.391 e. The van der Waals surface area contributed by atoms with Gasteiger partial charge < -0.3 is 15.3 Å². The Morgan fingerprint density at radius 2 is 1.40 bits per heavy atom. The fraction of sp³-hybridized carbons (Fsp3) is 0.222. The van der Waals surface area contributed by atoms with Gasteiger partial charge in [0.25, 0.3) is 0 Å². The molecule has 5 N–H and O–H groups in total. The fourth-order valence-corrected chi connectivity index (χ4v) is 1.94. The minimum Gasteiger partial charge on any atom is -0.391 e. The Hall–Kier alpha value is -2.74. The van der Waals surface area contributed by atoms with Gasteiger partial charge in [0.15, 0.2) is 0 Å². The van der Waals surface area contributed by atoms with Crippen LogP contribution in [0.2, 0.25) is 0 Å². The van der Waals surface area contributed by atoms with Crippen LogP contribution in [0.3, 0.4) is 0 Å². The number of rotatable bonds is 8. The number of hydrogen-bond acceptors (Lipinski definition) is 7.